The number of aromatic nitrogens is 1. The third-order valence-electron chi connectivity index (χ3n) is 7.18. The van der Waals surface area contributed by atoms with E-state index < -0.39 is 47.4 Å². The second-order valence-electron chi connectivity index (χ2n) is 10.1. The predicted octanol–water partition coefficient (Wildman–Crippen LogP) is 3.35. The van der Waals surface area contributed by atoms with E-state index in [1.807, 2.05) is 13.0 Å². The highest BCUT2D eigenvalue weighted by Gasteiger charge is 2.39. The van der Waals surface area contributed by atoms with Crippen LogP contribution in [-0.2, 0) is 32.1 Å². The summed E-state index contributed by atoms with van der Waals surface area (Å²) in [6.45, 7) is 3.69. The molecule has 1 heterocycles. The molecule has 10 heteroatoms. The summed E-state index contributed by atoms with van der Waals surface area (Å²) < 4.78 is 27.1. The Bertz CT molecular complexity index is 1120. The summed E-state index contributed by atoms with van der Waals surface area (Å²) >= 11 is 0. The van der Waals surface area contributed by atoms with Crippen LogP contribution in [0.1, 0.15) is 57.2 Å². The first-order valence-electron chi connectivity index (χ1n) is 13.3. The van der Waals surface area contributed by atoms with Gasteiger partial charge in [0.15, 0.2) is 0 Å². The lowest BCUT2D eigenvalue weighted by Crippen LogP contribution is -2.57. The van der Waals surface area contributed by atoms with Gasteiger partial charge in [0.25, 0.3) is 5.91 Å². The van der Waals surface area contributed by atoms with Crippen LogP contribution in [0, 0.1) is 11.8 Å². The largest absolute Gasteiger partial charge is 0.344 e. The lowest BCUT2D eigenvalue weighted by Gasteiger charge is -2.31. The van der Waals surface area contributed by atoms with Crippen LogP contribution < -0.4 is 16.0 Å². The molecule has 8 nitrogen and oxygen atoms in total. The van der Waals surface area contributed by atoms with Gasteiger partial charge in [-0.3, -0.25) is 24.2 Å². The molecule has 1 aliphatic carbocycles. The van der Waals surface area contributed by atoms with Gasteiger partial charge in [0.05, 0.1) is 12.2 Å². The number of amides is 3. The van der Waals surface area contributed by atoms with E-state index in [-0.39, 0.29) is 44.6 Å². The molecule has 39 heavy (non-hydrogen) atoms. The molecular formula is C29H36F2N4O4. The fraction of sp³-hybridized carbons (Fsp3) is 0.483. The molecule has 3 amide bonds. The second-order valence-corrected chi connectivity index (χ2v) is 10.1. The minimum atomic E-state index is -2.77. The summed E-state index contributed by atoms with van der Waals surface area (Å²) in [6, 6.07) is 12.0. The van der Waals surface area contributed by atoms with Crippen LogP contribution in [0.5, 0.6) is 0 Å². The Morgan fingerprint density at radius 1 is 1.00 bits per heavy atom. The lowest BCUT2D eigenvalue weighted by molar-refractivity contribution is -0.141. The highest BCUT2D eigenvalue weighted by atomic mass is 19.3. The number of halogens is 2. The molecule has 1 aliphatic rings. The maximum Gasteiger partial charge on any atom is 0.289 e. The van der Waals surface area contributed by atoms with E-state index in [9.17, 15) is 28.0 Å². The van der Waals surface area contributed by atoms with Crippen LogP contribution in [0.15, 0.2) is 54.7 Å². The molecular weight excluding hydrogens is 506 g/mol. The maximum absolute atomic E-state index is 13.6. The molecule has 0 unspecified atom stereocenters. The molecule has 1 saturated carbocycles. The van der Waals surface area contributed by atoms with Gasteiger partial charge < -0.3 is 16.0 Å². The Labute approximate surface area is 227 Å². The number of Topliss-reactive ketones (excluding diaryl/α,β-unsaturated/α-hetero) is 1. The first-order valence-corrected chi connectivity index (χ1v) is 13.3. The third kappa shape index (κ3) is 8.94. The van der Waals surface area contributed by atoms with Gasteiger partial charge in [-0.2, -0.15) is 0 Å². The Hall–Kier alpha value is -3.69. The van der Waals surface area contributed by atoms with E-state index in [2.05, 4.69) is 20.9 Å². The number of benzene rings is 1. The predicted molar refractivity (Wildman–Crippen MR) is 141 cm³/mol. The lowest BCUT2D eigenvalue weighted by atomic mass is 9.85. The van der Waals surface area contributed by atoms with Crippen molar-refractivity contribution in [3.8, 4) is 0 Å². The van der Waals surface area contributed by atoms with Crippen molar-refractivity contribution in [2.75, 3.05) is 0 Å². The molecule has 210 valence electrons. The van der Waals surface area contributed by atoms with E-state index in [4.69, 9.17) is 0 Å². The van der Waals surface area contributed by atoms with Crippen LogP contribution in [0.25, 0.3) is 0 Å². The number of nitrogens with one attached hydrogen (secondary N) is 3. The number of nitrogens with zero attached hydrogens (tertiary/aromatic N) is 1. The average Bonchev–Trinajstić information content (AvgIpc) is 2.94. The summed E-state index contributed by atoms with van der Waals surface area (Å²) in [4.78, 5) is 56.4. The normalized spacial score (nSPS) is 17.3. The molecule has 2 aromatic rings. The molecule has 3 N–H and O–H groups in total. The Balaban J connectivity index is 1.72. The van der Waals surface area contributed by atoms with Crippen LogP contribution in [0.2, 0.25) is 0 Å². The van der Waals surface area contributed by atoms with Crippen molar-refractivity contribution in [1.82, 2.24) is 20.9 Å². The molecule has 0 bridgehead atoms. The topological polar surface area (TPSA) is 117 Å². The van der Waals surface area contributed by atoms with Crippen molar-refractivity contribution in [2.45, 2.75) is 76.9 Å². The van der Waals surface area contributed by atoms with E-state index in [1.54, 1.807) is 55.6 Å². The zero-order valence-corrected chi connectivity index (χ0v) is 22.3. The van der Waals surface area contributed by atoms with Gasteiger partial charge in [0.2, 0.25) is 23.5 Å². The zero-order chi connectivity index (χ0) is 28.4. The smallest absolute Gasteiger partial charge is 0.289 e. The summed E-state index contributed by atoms with van der Waals surface area (Å²) in [5.41, 5.74) is 1.31. The Kier molecular flexibility index (Phi) is 10.7. The second kappa shape index (κ2) is 13.9. The highest BCUT2D eigenvalue weighted by Crippen LogP contribution is 2.36. The fourth-order valence-electron chi connectivity index (χ4n) is 4.51. The van der Waals surface area contributed by atoms with Crippen LogP contribution >= 0.6 is 0 Å². The molecule has 0 aliphatic heterocycles. The van der Waals surface area contributed by atoms with Gasteiger partial charge in [-0.05, 0) is 36.5 Å². The van der Waals surface area contributed by atoms with Crippen molar-refractivity contribution >= 4 is 23.5 Å². The maximum atomic E-state index is 13.6. The fourth-order valence-corrected chi connectivity index (χ4v) is 4.51. The summed E-state index contributed by atoms with van der Waals surface area (Å²) in [5.74, 6) is -6.43. The van der Waals surface area contributed by atoms with E-state index in [1.165, 1.54) is 0 Å². The van der Waals surface area contributed by atoms with Gasteiger partial charge in [0, 0.05) is 31.4 Å². The van der Waals surface area contributed by atoms with Gasteiger partial charge in [-0.15, -0.1) is 0 Å². The van der Waals surface area contributed by atoms with Gasteiger partial charge in [0.1, 0.15) is 12.1 Å². The molecule has 1 aromatic carbocycles. The number of pyridine rings is 1. The Morgan fingerprint density at radius 2 is 1.67 bits per heavy atom. The van der Waals surface area contributed by atoms with Gasteiger partial charge in [-0.25, -0.2) is 8.78 Å². The molecule has 1 fully saturated rings. The number of carbonyl (C=O) groups is 4. The average molecular weight is 543 g/mol. The molecule has 3 rings (SSSR count). The molecule has 0 saturated heterocycles. The number of hydrogen-bond acceptors (Lipinski definition) is 5. The summed E-state index contributed by atoms with van der Waals surface area (Å²) in [5, 5.41) is 7.96. The SMILES string of the molecule is CC[C@@H](C)[C@@H](NC(=O)C1CCC(F)(F)CC1)C(=O)N[C@H](Cc1ccccc1)C(=O)C(=O)NCc1ccccn1. The van der Waals surface area contributed by atoms with Crippen molar-refractivity contribution in [2.24, 2.45) is 11.8 Å². The minimum Gasteiger partial charge on any atom is -0.344 e. The highest BCUT2D eigenvalue weighted by molar-refractivity contribution is 6.38. The van der Waals surface area contributed by atoms with E-state index >= 15 is 0 Å². The van der Waals surface area contributed by atoms with Gasteiger partial charge in [-0.1, -0.05) is 56.7 Å². The number of rotatable bonds is 12. The molecule has 3 atom stereocenters. The van der Waals surface area contributed by atoms with Crippen molar-refractivity contribution in [3.05, 3.63) is 66.0 Å². The number of hydrogen-bond donors (Lipinski definition) is 3. The summed E-state index contributed by atoms with van der Waals surface area (Å²) in [7, 11) is 0. The van der Waals surface area contributed by atoms with E-state index in [0.29, 0.717) is 12.1 Å². The molecule has 0 radical (unpaired) electrons. The Morgan fingerprint density at radius 3 is 2.28 bits per heavy atom. The summed E-state index contributed by atoms with van der Waals surface area (Å²) in [6.07, 6.45) is 1.53. The van der Waals surface area contributed by atoms with Crippen LogP contribution in [-0.4, -0.2) is 46.5 Å². The van der Waals surface area contributed by atoms with Crippen LogP contribution in [0.3, 0.4) is 0 Å². The minimum absolute atomic E-state index is 0.0409. The van der Waals surface area contributed by atoms with Gasteiger partial charge >= 0.3 is 0 Å². The monoisotopic (exact) mass is 542 g/mol. The van der Waals surface area contributed by atoms with Crippen LogP contribution in [0.4, 0.5) is 8.78 Å². The number of ketones is 1. The quantitative estimate of drug-likeness (QED) is 0.356. The number of carbonyl (C=O) groups excluding carboxylic acids is 4. The standard InChI is InChI=1S/C29H36F2N4O4/c1-3-19(2)24(35-26(37)21-12-14-29(30,31)15-13-21)27(38)34-23(17-20-9-5-4-6-10-20)25(36)28(39)33-18-22-11-7-8-16-32-22/h4-11,16,19,21,23-24H,3,12-15,17-18H2,1-2H3,(H,33,39)(H,34,38)(H,35,37)/t19-,23-,24-/m1/s1. The first-order chi connectivity index (χ1) is 18.6. The molecule has 0 spiro atoms. The molecule has 1 aromatic heterocycles. The first kappa shape index (κ1) is 29.9. The van der Waals surface area contributed by atoms with Crippen molar-refractivity contribution < 1.29 is 28.0 Å². The zero-order valence-electron chi connectivity index (χ0n) is 22.3. The van der Waals surface area contributed by atoms with Crippen molar-refractivity contribution in [3.63, 3.8) is 0 Å². The van der Waals surface area contributed by atoms with Crippen molar-refractivity contribution in [1.29, 1.82) is 0 Å². The van der Waals surface area contributed by atoms with E-state index in [0.717, 1.165) is 5.56 Å². The number of alkyl halides is 2. The third-order valence-corrected chi connectivity index (χ3v) is 7.18.